The Kier molecular flexibility index (Phi) is 9.01. The Bertz CT molecular complexity index is 609. The van der Waals surface area contributed by atoms with Gasteiger partial charge in [-0.2, -0.15) is 5.10 Å². The van der Waals surface area contributed by atoms with E-state index in [1.54, 1.807) is 7.05 Å². The van der Waals surface area contributed by atoms with Crippen molar-refractivity contribution in [3.8, 4) is 0 Å². The molecule has 0 aliphatic heterocycles. The van der Waals surface area contributed by atoms with Gasteiger partial charge in [0.2, 0.25) is 0 Å². The molecular weight excluding hydrogens is 425 g/mol. The number of aryl methyl sites for hydroxylation is 1. The number of aromatic nitrogens is 2. The maximum atomic E-state index is 5.88. The van der Waals surface area contributed by atoms with Crippen LogP contribution < -0.4 is 10.6 Å². The molecule has 0 unspecified atom stereocenters. The number of aliphatic imine (C=N–C) groups is 1. The topological polar surface area (TPSA) is 54.2 Å². The van der Waals surface area contributed by atoms with Gasteiger partial charge in [-0.3, -0.25) is 9.67 Å². The molecule has 2 aromatic rings. The molecule has 0 aliphatic rings. The highest BCUT2D eigenvalue weighted by Gasteiger charge is 1.99. The summed E-state index contributed by atoms with van der Waals surface area (Å²) in [6, 6.07) is 7.91. The number of hydrogen-bond acceptors (Lipinski definition) is 2. The monoisotopic (exact) mass is 447 g/mol. The van der Waals surface area contributed by atoms with Crippen LogP contribution in [0.15, 0.2) is 41.7 Å². The average Bonchev–Trinajstić information content (AvgIpc) is 2.93. The normalized spacial score (nSPS) is 11.0. The maximum absolute atomic E-state index is 5.88. The van der Waals surface area contributed by atoms with Crippen LogP contribution in [-0.2, 0) is 13.0 Å². The molecule has 2 rings (SSSR count). The van der Waals surface area contributed by atoms with E-state index in [1.807, 2.05) is 48.3 Å². The van der Waals surface area contributed by atoms with E-state index in [-0.39, 0.29) is 24.0 Å². The van der Waals surface area contributed by atoms with E-state index >= 15 is 0 Å². The summed E-state index contributed by atoms with van der Waals surface area (Å²) in [6.45, 7) is 4.45. The minimum absolute atomic E-state index is 0. The number of hydrogen-bond donors (Lipinski definition) is 2. The van der Waals surface area contributed by atoms with E-state index in [2.05, 4.69) is 20.7 Å². The second-order valence-electron chi connectivity index (χ2n) is 5.08. The van der Waals surface area contributed by atoms with Gasteiger partial charge in [-0.25, -0.2) is 0 Å². The van der Waals surface area contributed by atoms with Gasteiger partial charge in [-0.15, -0.1) is 24.0 Å². The summed E-state index contributed by atoms with van der Waals surface area (Å²) in [5, 5.41) is 11.6. The number of guanidine groups is 1. The summed E-state index contributed by atoms with van der Waals surface area (Å²) in [4.78, 5) is 4.21. The van der Waals surface area contributed by atoms with Crippen molar-refractivity contribution >= 4 is 41.5 Å². The molecule has 1 aromatic heterocycles. The minimum Gasteiger partial charge on any atom is -0.356 e. The van der Waals surface area contributed by atoms with Gasteiger partial charge < -0.3 is 10.6 Å². The SMILES string of the molecule is CN=C(NCCc1ccc(Cl)cc1)NCCn1cc(C)cn1.I. The first-order valence-electron chi connectivity index (χ1n) is 7.35. The largest absolute Gasteiger partial charge is 0.356 e. The molecule has 0 radical (unpaired) electrons. The third-order valence-electron chi connectivity index (χ3n) is 3.24. The van der Waals surface area contributed by atoms with Gasteiger partial charge in [0.1, 0.15) is 0 Å². The fraction of sp³-hybridized carbons (Fsp3) is 0.375. The first-order valence-corrected chi connectivity index (χ1v) is 7.73. The molecule has 0 fully saturated rings. The summed E-state index contributed by atoms with van der Waals surface area (Å²) in [5.41, 5.74) is 2.42. The Hall–Kier alpha value is -1.28. The molecule has 0 saturated heterocycles. The van der Waals surface area contributed by atoms with Crippen LogP contribution in [-0.4, -0.2) is 35.9 Å². The highest BCUT2D eigenvalue weighted by Crippen LogP contribution is 2.09. The van der Waals surface area contributed by atoms with Crippen molar-refractivity contribution in [2.75, 3.05) is 20.1 Å². The second kappa shape index (κ2) is 10.5. The predicted molar refractivity (Wildman–Crippen MR) is 107 cm³/mol. The van der Waals surface area contributed by atoms with Crippen LogP contribution in [0.25, 0.3) is 0 Å². The molecule has 0 atom stereocenters. The van der Waals surface area contributed by atoms with E-state index in [0.29, 0.717) is 0 Å². The summed E-state index contributed by atoms with van der Waals surface area (Å²) in [6.07, 6.45) is 4.81. The Balaban J connectivity index is 0.00000264. The van der Waals surface area contributed by atoms with Gasteiger partial charge in [0.15, 0.2) is 5.96 Å². The summed E-state index contributed by atoms with van der Waals surface area (Å²) < 4.78 is 1.92. The lowest BCUT2D eigenvalue weighted by molar-refractivity contribution is 0.597. The van der Waals surface area contributed by atoms with Gasteiger partial charge >= 0.3 is 0 Å². The van der Waals surface area contributed by atoms with Crippen LogP contribution in [0.5, 0.6) is 0 Å². The van der Waals surface area contributed by atoms with Crippen LogP contribution >= 0.6 is 35.6 Å². The molecular formula is C16H23ClIN5. The molecule has 1 aromatic carbocycles. The van der Waals surface area contributed by atoms with Crippen molar-refractivity contribution in [2.24, 2.45) is 4.99 Å². The van der Waals surface area contributed by atoms with Crippen molar-refractivity contribution in [2.45, 2.75) is 19.9 Å². The molecule has 0 spiro atoms. The quantitative estimate of drug-likeness (QED) is 0.407. The van der Waals surface area contributed by atoms with Crippen LogP contribution in [0.3, 0.4) is 0 Å². The highest BCUT2D eigenvalue weighted by molar-refractivity contribution is 14.0. The number of nitrogens with zero attached hydrogens (tertiary/aromatic N) is 3. The molecule has 0 amide bonds. The van der Waals surface area contributed by atoms with Gasteiger partial charge in [0, 0.05) is 31.4 Å². The van der Waals surface area contributed by atoms with Crippen molar-refractivity contribution in [1.29, 1.82) is 0 Å². The molecule has 7 heteroatoms. The number of nitrogens with one attached hydrogen (secondary N) is 2. The van der Waals surface area contributed by atoms with E-state index in [1.165, 1.54) is 11.1 Å². The lowest BCUT2D eigenvalue weighted by Gasteiger charge is -2.12. The standard InChI is InChI=1S/C16H22ClN5.HI/c1-13-11-21-22(12-13)10-9-20-16(18-2)19-8-7-14-3-5-15(17)6-4-14;/h3-6,11-12H,7-10H2,1-2H3,(H2,18,19,20);1H. The van der Waals surface area contributed by atoms with E-state index in [4.69, 9.17) is 11.6 Å². The van der Waals surface area contributed by atoms with Crippen molar-refractivity contribution in [3.63, 3.8) is 0 Å². The Morgan fingerprint density at radius 3 is 2.52 bits per heavy atom. The van der Waals surface area contributed by atoms with Gasteiger partial charge in [-0.1, -0.05) is 23.7 Å². The first kappa shape index (κ1) is 19.8. The summed E-state index contributed by atoms with van der Waals surface area (Å²) in [7, 11) is 1.77. The van der Waals surface area contributed by atoms with Gasteiger partial charge in [0.05, 0.1) is 12.7 Å². The third-order valence-corrected chi connectivity index (χ3v) is 3.49. The Morgan fingerprint density at radius 2 is 1.91 bits per heavy atom. The number of rotatable bonds is 6. The number of halogens is 2. The lowest BCUT2D eigenvalue weighted by atomic mass is 10.1. The fourth-order valence-corrected chi connectivity index (χ4v) is 2.20. The molecule has 0 aliphatic carbocycles. The van der Waals surface area contributed by atoms with Crippen molar-refractivity contribution in [1.82, 2.24) is 20.4 Å². The van der Waals surface area contributed by atoms with Crippen molar-refractivity contribution < 1.29 is 0 Å². The first-order chi connectivity index (χ1) is 10.7. The van der Waals surface area contributed by atoms with E-state index < -0.39 is 0 Å². The van der Waals surface area contributed by atoms with Crippen LogP contribution in [0, 0.1) is 6.92 Å². The Morgan fingerprint density at radius 1 is 1.22 bits per heavy atom. The zero-order chi connectivity index (χ0) is 15.8. The molecule has 5 nitrogen and oxygen atoms in total. The zero-order valence-corrected chi connectivity index (χ0v) is 16.5. The summed E-state index contributed by atoms with van der Waals surface area (Å²) >= 11 is 5.88. The maximum Gasteiger partial charge on any atom is 0.191 e. The molecule has 23 heavy (non-hydrogen) atoms. The molecule has 126 valence electrons. The lowest BCUT2D eigenvalue weighted by Crippen LogP contribution is -2.39. The van der Waals surface area contributed by atoms with Crippen LogP contribution in [0.1, 0.15) is 11.1 Å². The smallest absolute Gasteiger partial charge is 0.191 e. The third kappa shape index (κ3) is 7.22. The molecule has 0 bridgehead atoms. The molecule has 1 heterocycles. The highest BCUT2D eigenvalue weighted by atomic mass is 127. The van der Waals surface area contributed by atoms with E-state index in [0.717, 1.165) is 37.0 Å². The summed E-state index contributed by atoms with van der Waals surface area (Å²) in [5.74, 6) is 0.804. The van der Waals surface area contributed by atoms with Gasteiger partial charge in [0.25, 0.3) is 0 Å². The Labute approximate surface area is 159 Å². The molecule has 2 N–H and O–H groups in total. The second-order valence-corrected chi connectivity index (χ2v) is 5.52. The minimum atomic E-state index is 0. The number of benzene rings is 1. The fourth-order valence-electron chi connectivity index (χ4n) is 2.08. The van der Waals surface area contributed by atoms with Gasteiger partial charge in [-0.05, 0) is 36.6 Å². The molecule has 0 saturated carbocycles. The van der Waals surface area contributed by atoms with E-state index in [9.17, 15) is 0 Å². The van der Waals surface area contributed by atoms with Crippen LogP contribution in [0.4, 0.5) is 0 Å². The van der Waals surface area contributed by atoms with Crippen LogP contribution in [0.2, 0.25) is 5.02 Å². The zero-order valence-electron chi connectivity index (χ0n) is 13.4. The predicted octanol–water partition coefficient (Wildman–Crippen LogP) is 2.87. The van der Waals surface area contributed by atoms with Crippen molar-refractivity contribution in [3.05, 3.63) is 52.8 Å². The average molecular weight is 448 g/mol.